The fourth-order valence-electron chi connectivity index (χ4n) is 2.76. The van der Waals surface area contributed by atoms with Crippen LogP contribution in [0.4, 0.5) is 0 Å². The van der Waals surface area contributed by atoms with Crippen LogP contribution in [0.15, 0.2) is 24.3 Å². The molecule has 0 saturated carbocycles. The number of aromatic nitrogens is 1. The van der Waals surface area contributed by atoms with Crippen LogP contribution in [0.2, 0.25) is 0 Å². The molecule has 1 aliphatic heterocycles. The van der Waals surface area contributed by atoms with Gasteiger partial charge in [-0.05, 0) is 45.7 Å². The van der Waals surface area contributed by atoms with Crippen LogP contribution in [0.5, 0.6) is 0 Å². The molecule has 4 heteroatoms. The van der Waals surface area contributed by atoms with Gasteiger partial charge in [-0.15, -0.1) is 0 Å². The third-order valence-electron chi connectivity index (χ3n) is 4.69. The third kappa shape index (κ3) is 1.90. The minimum absolute atomic E-state index is 0.306. The lowest BCUT2D eigenvalue weighted by Gasteiger charge is -2.32. The molecular formula is C16H22BNO2. The zero-order chi connectivity index (χ0) is 14.5. The number of aromatic amines is 1. The molecule has 3 nitrogen and oxygen atoms in total. The number of hydrogen-bond acceptors (Lipinski definition) is 2. The summed E-state index contributed by atoms with van der Waals surface area (Å²) in [6.45, 7) is 10.5. The molecule has 0 atom stereocenters. The van der Waals surface area contributed by atoms with E-state index in [0.717, 1.165) is 17.5 Å². The predicted octanol–water partition coefficient (Wildman–Crippen LogP) is 3.03. The summed E-state index contributed by atoms with van der Waals surface area (Å²) in [7, 11) is -0.317. The van der Waals surface area contributed by atoms with Crippen LogP contribution in [-0.2, 0) is 15.7 Å². The second-order valence-corrected chi connectivity index (χ2v) is 6.50. The topological polar surface area (TPSA) is 34.2 Å². The van der Waals surface area contributed by atoms with Crippen molar-refractivity contribution in [3.05, 3.63) is 29.8 Å². The number of rotatable bonds is 2. The first-order valence-corrected chi connectivity index (χ1v) is 7.31. The Kier molecular flexibility index (Phi) is 3.00. The highest BCUT2D eigenvalue weighted by molar-refractivity contribution is 6.62. The lowest BCUT2D eigenvalue weighted by atomic mass is 9.81. The second kappa shape index (κ2) is 4.37. The molecule has 0 amide bonds. The molecule has 1 fully saturated rings. The molecule has 0 spiro atoms. The average Bonchev–Trinajstić information content (AvgIpc) is 2.84. The Balaban J connectivity index is 2.08. The summed E-state index contributed by atoms with van der Waals surface area (Å²) >= 11 is 0. The van der Waals surface area contributed by atoms with E-state index in [2.05, 4.69) is 57.8 Å². The highest BCUT2D eigenvalue weighted by Gasteiger charge is 2.52. The van der Waals surface area contributed by atoms with Gasteiger partial charge in [0.2, 0.25) is 0 Å². The van der Waals surface area contributed by atoms with Crippen molar-refractivity contribution in [2.24, 2.45) is 0 Å². The smallest absolute Gasteiger partial charge is 0.398 e. The number of hydrogen-bond donors (Lipinski definition) is 1. The highest BCUT2D eigenvalue weighted by atomic mass is 16.7. The predicted molar refractivity (Wildman–Crippen MR) is 83.4 cm³/mol. The van der Waals surface area contributed by atoms with Gasteiger partial charge in [0.1, 0.15) is 0 Å². The largest absolute Gasteiger partial charge is 0.512 e. The van der Waals surface area contributed by atoms with Gasteiger partial charge in [-0.1, -0.05) is 25.1 Å². The van der Waals surface area contributed by atoms with Gasteiger partial charge in [0.05, 0.1) is 11.2 Å². The molecule has 1 aromatic carbocycles. The van der Waals surface area contributed by atoms with Crippen molar-refractivity contribution in [3.63, 3.8) is 0 Å². The van der Waals surface area contributed by atoms with E-state index in [1.54, 1.807) is 0 Å². The Morgan fingerprint density at radius 1 is 1.05 bits per heavy atom. The standard InChI is InChI=1S/C16H22BNO2/c1-6-11-12-9-7-8-10-13(12)18-14(11)17-19-15(2,3)16(4,5)20-17/h7-10,18H,6H2,1-5H3. The summed E-state index contributed by atoms with van der Waals surface area (Å²) in [5.41, 5.74) is 2.89. The fraction of sp³-hybridized carbons (Fsp3) is 0.500. The Morgan fingerprint density at radius 3 is 2.25 bits per heavy atom. The van der Waals surface area contributed by atoms with E-state index in [9.17, 15) is 0 Å². The molecule has 1 saturated heterocycles. The molecule has 2 aromatic rings. The Morgan fingerprint density at radius 2 is 1.65 bits per heavy atom. The van der Waals surface area contributed by atoms with Crippen LogP contribution in [-0.4, -0.2) is 23.3 Å². The van der Waals surface area contributed by atoms with Crippen LogP contribution >= 0.6 is 0 Å². The second-order valence-electron chi connectivity index (χ2n) is 6.50. The van der Waals surface area contributed by atoms with Gasteiger partial charge in [0.25, 0.3) is 0 Å². The molecule has 0 unspecified atom stereocenters. The van der Waals surface area contributed by atoms with Crippen LogP contribution in [0, 0.1) is 0 Å². The zero-order valence-corrected chi connectivity index (χ0v) is 12.9. The van der Waals surface area contributed by atoms with E-state index in [-0.39, 0.29) is 18.3 Å². The molecule has 106 valence electrons. The molecule has 0 radical (unpaired) electrons. The molecule has 3 rings (SSSR count). The molecule has 1 aromatic heterocycles. The van der Waals surface area contributed by atoms with E-state index in [4.69, 9.17) is 9.31 Å². The zero-order valence-electron chi connectivity index (χ0n) is 12.9. The Labute approximate surface area is 120 Å². The maximum Gasteiger partial charge on any atom is 0.512 e. The van der Waals surface area contributed by atoms with Gasteiger partial charge >= 0.3 is 7.12 Å². The van der Waals surface area contributed by atoms with Crippen molar-refractivity contribution in [1.82, 2.24) is 4.98 Å². The maximum absolute atomic E-state index is 6.17. The molecule has 2 heterocycles. The molecule has 0 bridgehead atoms. The molecule has 1 N–H and O–H groups in total. The van der Waals surface area contributed by atoms with Gasteiger partial charge in [-0.3, -0.25) is 0 Å². The van der Waals surface area contributed by atoms with Crippen LogP contribution in [0.25, 0.3) is 10.9 Å². The van der Waals surface area contributed by atoms with Gasteiger partial charge in [0, 0.05) is 16.5 Å². The van der Waals surface area contributed by atoms with Gasteiger partial charge < -0.3 is 14.3 Å². The maximum atomic E-state index is 6.17. The van der Waals surface area contributed by atoms with Gasteiger partial charge in [-0.25, -0.2) is 0 Å². The van der Waals surface area contributed by atoms with Crippen molar-refractivity contribution in [3.8, 4) is 0 Å². The number of aryl methyl sites for hydroxylation is 1. The summed E-state index contributed by atoms with van der Waals surface area (Å²) in [4.78, 5) is 3.48. The summed E-state index contributed by atoms with van der Waals surface area (Å²) in [6.07, 6.45) is 0.962. The first-order chi connectivity index (χ1) is 9.36. The average molecular weight is 271 g/mol. The van der Waals surface area contributed by atoms with E-state index >= 15 is 0 Å². The number of fused-ring (bicyclic) bond motifs is 1. The van der Waals surface area contributed by atoms with Crippen molar-refractivity contribution < 1.29 is 9.31 Å². The van der Waals surface area contributed by atoms with E-state index in [0.29, 0.717) is 0 Å². The van der Waals surface area contributed by atoms with Crippen LogP contribution in [0.1, 0.15) is 40.2 Å². The summed E-state index contributed by atoms with van der Waals surface area (Å²) in [6, 6.07) is 8.37. The van der Waals surface area contributed by atoms with Crippen molar-refractivity contribution in [2.75, 3.05) is 0 Å². The van der Waals surface area contributed by atoms with Crippen LogP contribution < -0.4 is 5.59 Å². The third-order valence-corrected chi connectivity index (χ3v) is 4.69. The Bertz CT molecular complexity index is 629. The quantitative estimate of drug-likeness (QED) is 0.852. The lowest BCUT2D eigenvalue weighted by Crippen LogP contribution is -2.41. The van der Waals surface area contributed by atoms with E-state index < -0.39 is 0 Å². The van der Waals surface area contributed by atoms with Gasteiger partial charge in [0.15, 0.2) is 0 Å². The minimum Gasteiger partial charge on any atom is -0.398 e. The number of benzene rings is 1. The highest BCUT2D eigenvalue weighted by Crippen LogP contribution is 2.37. The van der Waals surface area contributed by atoms with E-state index in [1.165, 1.54) is 10.9 Å². The first kappa shape index (κ1) is 13.7. The molecule has 1 aliphatic rings. The van der Waals surface area contributed by atoms with Crippen molar-refractivity contribution in [1.29, 1.82) is 0 Å². The number of nitrogens with one attached hydrogen (secondary N) is 1. The monoisotopic (exact) mass is 271 g/mol. The first-order valence-electron chi connectivity index (χ1n) is 7.31. The van der Waals surface area contributed by atoms with Crippen LogP contribution in [0.3, 0.4) is 0 Å². The molecule has 0 aliphatic carbocycles. The van der Waals surface area contributed by atoms with Crippen molar-refractivity contribution >= 4 is 23.6 Å². The Hall–Kier alpha value is -1.26. The fourth-order valence-corrected chi connectivity index (χ4v) is 2.76. The minimum atomic E-state index is -0.317. The summed E-state index contributed by atoms with van der Waals surface area (Å²) in [5, 5.41) is 1.26. The normalized spacial score (nSPS) is 20.8. The summed E-state index contributed by atoms with van der Waals surface area (Å²) < 4.78 is 12.3. The SMILES string of the molecule is CCc1c(B2OC(C)(C)C(C)(C)O2)[nH]c2ccccc12. The van der Waals surface area contributed by atoms with Gasteiger partial charge in [-0.2, -0.15) is 0 Å². The number of para-hydroxylation sites is 1. The lowest BCUT2D eigenvalue weighted by molar-refractivity contribution is 0.00578. The summed E-state index contributed by atoms with van der Waals surface area (Å²) in [5.74, 6) is 0. The number of H-pyrrole nitrogens is 1. The van der Waals surface area contributed by atoms with E-state index in [1.807, 2.05) is 6.07 Å². The molecular weight excluding hydrogens is 249 g/mol. The van der Waals surface area contributed by atoms with Crippen molar-refractivity contribution in [2.45, 2.75) is 52.2 Å². The molecule has 20 heavy (non-hydrogen) atoms.